The van der Waals surface area contributed by atoms with Crippen LogP contribution in [0.25, 0.3) is 17.4 Å². The van der Waals surface area contributed by atoms with Crippen LogP contribution in [0, 0.1) is 0 Å². The number of carbonyl (C=O) groups excluding carboxylic acids is 2. The molecule has 0 radical (unpaired) electrons. The number of hydrazine groups is 1. The molecule has 1 saturated heterocycles. The van der Waals surface area contributed by atoms with Gasteiger partial charge in [-0.1, -0.05) is 70.2 Å². The molecule has 2 heterocycles. The van der Waals surface area contributed by atoms with E-state index in [9.17, 15) is 9.59 Å². The molecule has 0 spiro atoms. The van der Waals surface area contributed by atoms with E-state index in [0.717, 1.165) is 5.56 Å². The lowest BCUT2D eigenvalue weighted by Gasteiger charge is -2.27. The van der Waals surface area contributed by atoms with Gasteiger partial charge in [0.2, 0.25) is 0 Å². The second-order valence-electron chi connectivity index (χ2n) is 9.86. The third-order valence-corrected chi connectivity index (χ3v) is 6.56. The van der Waals surface area contributed by atoms with Crippen LogP contribution in [0.1, 0.15) is 56.4 Å². The molecule has 0 unspecified atom stereocenters. The van der Waals surface area contributed by atoms with Crippen molar-refractivity contribution in [3.8, 4) is 11.3 Å². The zero-order valence-electron chi connectivity index (χ0n) is 21.5. The second-order valence-corrected chi connectivity index (χ2v) is 9.86. The molecule has 0 aliphatic carbocycles. The van der Waals surface area contributed by atoms with Gasteiger partial charge in [0.1, 0.15) is 17.1 Å². The van der Waals surface area contributed by atoms with E-state index in [1.54, 1.807) is 12.1 Å². The topological polar surface area (TPSA) is 53.8 Å². The monoisotopic (exact) mass is 490 g/mol. The van der Waals surface area contributed by atoms with Crippen LogP contribution in [-0.2, 0) is 9.59 Å². The summed E-state index contributed by atoms with van der Waals surface area (Å²) in [6.45, 7) is 8.70. The van der Waals surface area contributed by atoms with Gasteiger partial charge in [0, 0.05) is 5.56 Å². The molecule has 1 aromatic heterocycles. The lowest BCUT2D eigenvalue weighted by molar-refractivity contribution is -0.116. The SMILES string of the molecule is CC(C)c1cc(-c2ccc(C=C3C(=O)N(c4ccccc4)N(c4ccccc4)C3=O)o2)cc(C(C)C)c1. The highest BCUT2D eigenvalue weighted by Gasteiger charge is 2.43. The van der Waals surface area contributed by atoms with E-state index in [4.69, 9.17) is 4.42 Å². The van der Waals surface area contributed by atoms with Crippen molar-refractivity contribution in [3.63, 3.8) is 0 Å². The average Bonchev–Trinajstić information content (AvgIpc) is 3.48. The smallest absolute Gasteiger partial charge is 0.283 e. The van der Waals surface area contributed by atoms with Crippen LogP contribution in [0.4, 0.5) is 11.4 Å². The predicted molar refractivity (Wildman–Crippen MR) is 148 cm³/mol. The summed E-state index contributed by atoms with van der Waals surface area (Å²) in [7, 11) is 0. The van der Waals surface area contributed by atoms with Gasteiger partial charge in [-0.2, -0.15) is 0 Å². The molecule has 0 saturated carbocycles. The Hall–Kier alpha value is -4.38. The van der Waals surface area contributed by atoms with Crippen LogP contribution in [0.15, 0.2) is 101 Å². The average molecular weight is 491 g/mol. The summed E-state index contributed by atoms with van der Waals surface area (Å²) in [4.78, 5) is 27.1. The number of hydrogen-bond acceptors (Lipinski definition) is 3. The van der Waals surface area contributed by atoms with Gasteiger partial charge in [0.15, 0.2) is 0 Å². The Bertz CT molecular complexity index is 1380. The van der Waals surface area contributed by atoms with E-state index in [2.05, 4.69) is 45.9 Å². The lowest BCUT2D eigenvalue weighted by Crippen LogP contribution is -2.41. The third kappa shape index (κ3) is 4.73. The molecule has 186 valence electrons. The van der Waals surface area contributed by atoms with Crippen LogP contribution >= 0.6 is 0 Å². The van der Waals surface area contributed by atoms with Gasteiger partial charge in [-0.05, 0) is 77.6 Å². The highest BCUT2D eigenvalue weighted by molar-refractivity contribution is 6.37. The summed E-state index contributed by atoms with van der Waals surface area (Å²) in [6, 6.07) is 28.6. The molecule has 4 aromatic rings. The summed E-state index contributed by atoms with van der Waals surface area (Å²) in [5, 5.41) is 2.82. The van der Waals surface area contributed by atoms with Crippen molar-refractivity contribution >= 4 is 29.3 Å². The Morgan fingerprint density at radius 1 is 0.649 bits per heavy atom. The molecule has 0 atom stereocenters. The number of rotatable bonds is 6. The van der Waals surface area contributed by atoms with Crippen LogP contribution in [0.2, 0.25) is 0 Å². The van der Waals surface area contributed by atoms with E-state index < -0.39 is 11.8 Å². The quantitative estimate of drug-likeness (QED) is 0.207. The minimum Gasteiger partial charge on any atom is -0.457 e. The zero-order valence-corrected chi connectivity index (χ0v) is 21.5. The van der Waals surface area contributed by atoms with Gasteiger partial charge in [-0.25, -0.2) is 10.0 Å². The van der Waals surface area contributed by atoms with E-state index in [1.807, 2.05) is 66.7 Å². The number of amides is 2. The van der Waals surface area contributed by atoms with Crippen LogP contribution in [0.3, 0.4) is 0 Å². The van der Waals surface area contributed by atoms with Crippen LogP contribution in [-0.4, -0.2) is 11.8 Å². The molecule has 2 amide bonds. The standard InChI is InChI=1S/C32H30N2O3/c1-21(2)23-17-24(22(3)4)19-25(18-23)30-16-15-28(37-30)20-29-31(35)33(26-11-7-5-8-12-26)34(32(29)36)27-13-9-6-10-14-27/h5-22H,1-4H3. The number of benzene rings is 3. The van der Waals surface area contributed by atoms with Gasteiger partial charge in [-0.15, -0.1) is 0 Å². The van der Waals surface area contributed by atoms with E-state index in [-0.39, 0.29) is 5.57 Å². The molecule has 3 aromatic carbocycles. The zero-order chi connectivity index (χ0) is 26.1. The van der Waals surface area contributed by atoms with E-state index in [1.165, 1.54) is 21.1 Å². The largest absolute Gasteiger partial charge is 0.457 e. The second kappa shape index (κ2) is 9.94. The summed E-state index contributed by atoms with van der Waals surface area (Å²) in [5.74, 6) is 1.12. The fourth-order valence-electron chi connectivity index (χ4n) is 4.44. The fraction of sp³-hybridized carbons (Fsp3) is 0.188. The fourth-order valence-corrected chi connectivity index (χ4v) is 4.44. The Balaban J connectivity index is 1.54. The van der Waals surface area contributed by atoms with Crippen molar-refractivity contribution in [1.82, 2.24) is 0 Å². The minimum atomic E-state index is -0.401. The van der Waals surface area contributed by atoms with Crippen molar-refractivity contribution in [2.24, 2.45) is 0 Å². The van der Waals surface area contributed by atoms with Gasteiger partial charge >= 0.3 is 0 Å². The normalized spacial score (nSPS) is 13.8. The minimum absolute atomic E-state index is 0.0485. The van der Waals surface area contributed by atoms with Crippen molar-refractivity contribution in [1.29, 1.82) is 0 Å². The Morgan fingerprint density at radius 2 is 1.14 bits per heavy atom. The molecule has 37 heavy (non-hydrogen) atoms. The first-order chi connectivity index (χ1) is 17.8. The summed E-state index contributed by atoms with van der Waals surface area (Å²) >= 11 is 0. The lowest BCUT2D eigenvalue weighted by atomic mass is 9.92. The Labute approximate surface area is 217 Å². The van der Waals surface area contributed by atoms with E-state index >= 15 is 0 Å². The van der Waals surface area contributed by atoms with Gasteiger partial charge in [0.05, 0.1) is 11.4 Å². The first kappa shape index (κ1) is 24.3. The number of carbonyl (C=O) groups is 2. The molecule has 1 aliphatic rings. The maximum Gasteiger partial charge on any atom is 0.283 e. The van der Waals surface area contributed by atoms with Crippen molar-refractivity contribution < 1.29 is 14.0 Å². The molecule has 5 nitrogen and oxygen atoms in total. The summed E-state index contributed by atoms with van der Waals surface area (Å²) in [5.41, 5.74) is 4.75. The summed E-state index contributed by atoms with van der Waals surface area (Å²) in [6.07, 6.45) is 1.54. The first-order valence-electron chi connectivity index (χ1n) is 12.6. The molecule has 0 N–H and O–H groups in total. The van der Waals surface area contributed by atoms with Crippen molar-refractivity contribution in [2.75, 3.05) is 10.0 Å². The van der Waals surface area contributed by atoms with Gasteiger partial charge in [-0.3, -0.25) is 9.59 Å². The van der Waals surface area contributed by atoms with Gasteiger partial charge < -0.3 is 4.42 Å². The number of nitrogens with zero attached hydrogens (tertiary/aromatic N) is 2. The van der Waals surface area contributed by atoms with Gasteiger partial charge in [0.25, 0.3) is 11.8 Å². The van der Waals surface area contributed by atoms with E-state index in [0.29, 0.717) is 34.7 Å². The Kier molecular flexibility index (Phi) is 6.53. The molecular weight excluding hydrogens is 460 g/mol. The molecule has 1 fully saturated rings. The number of hydrogen-bond donors (Lipinski definition) is 0. The van der Waals surface area contributed by atoms with Crippen molar-refractivity contribution in [3.05, 3.63) is 113 Å². The van der Waals surface area contributed by atoms with Crippen LogP contribution in [0.5, 0.6) is 0 Å². The van der Waals surface area contributed by atoms with Crippen molar-refractivity contribution in [2.45, 2.75) is 39.5 Å². The molecular formula is C32H30N2O3. The summed E-state index contributed by atoms with van der Waals surface area (Å²) < 4.78 is 6.16. The third-order valence-electron chi connectivity index (χ3n) is 6.56. The number of furan rings is 1. The maximum atomic E-state index is 13.6. The number of anilines is 2. The molecule has 0 bridgehead atoms. The maximum absolute atomic E-state index is 13.6. The number of para-hydroxylation sites is 2. The Morgan fingerprint density at radius 3 is 1.59 bits per heavy atom. The highest BCUT2D eigenvalue weighted by atomic mass is 16.3. The first-order valence-corrected chi connectivity index (χ1v) is 12.6. The van der Waals surface area contributed by atoms with Crippen LogP contribution < -0.4 is 10.0 Å². The molecule has 5 rings (SSSR count). The molecule has 5 heteroatoms. The molecule has 1 aliphatic heterocycles. The highest BCUT2D eigenvalue weighted by Crippen LogP contribution is 2.34. The predicted octanol–water partition coefficient (Wildman–Crippen LogP) is 7.57.